The normalized spacial score (nSPS) is 14.2. The lowest BCUT2D eigenvalue weighted by Crippen LogP contribution is -2.73. The minimum atomic E-state index is -2.87. The van der Waals surface area contributed by atoms with Gasteiger partial charge in [-0.1, -0.05) is 196 Å². The van der Waals surface area contributed by atoms with Gasteiger partial charge in [-0.2, -0.15) is 0 Å². The molecule has 10 aromatic rings. The maximum atomic E-state index is 5.68. The molecule has 0 radical (unpaired) electrons. The lowest BCUT2D eigenvalue weighted by Gasteiger charge is -2.32. The standard InChI is InChI=1S/C55H39N3Si/c1-55(2)46-30-15-12-27-41(46)43-33-34-44-42-28-13-16-31-47(42)58(52(44)49(43)55)38-22-18-21-37(35-38)54-56-50(36-19-6-3-7-20-36)53-51(57-54)45-29-14-17-32-48(45)59(53,39-23-8-4-9-24-39)40-25-10-5-11-26-40/h3-35H,1-2H3. The minimum Gasteiger partial charge on any atom is -0.309 e. The fraction of sp³-hybridized carbons (Fsp3) is 0.0545. The highest BCUT2D eigenvalue weighted by Gasteiger charge is 2.51. The molecule has 0 N–H and O–H groups in total. The maximum absolute atomic E-state index is 5.68. The van der Waals surface area contributed by atoms with Crippen molar-refractivity contribution in [3.8, 4) is 50.7 Å². The van der Waals surface area contributed by atoms with Crippen LogP contribution in [0, 0.1) is 0 Å². The van der Waals surface area contributed by atoms with E-state index in [-0.39, 0.29) is 5.41 Å². The summed E-state index contributed by atoms with van der Waals surface area (Å²) in [6.45, 7) is 4.76. The van der Waals surface area contributed by atoms with E-state index in [4.69, 9.17) is 9.97 Å². The van der Waals surface area contributed by atoms with Crippen LogP contribution >= 0.6 is 0 Å². The second-order valence-corrected chi connectivity index (χ2v) is 20.2. The van der Waals surface area contributed by atoms with Crippen LogP contribution in [-0.2, 0) is 5.41 Å². The van der Waals surface area contributed by atoms with Crippen LogP contribution in [0.25, 0.3) is 72.5 Å². The second-order valence-electron chi connectivity index (χ2n) is 16.5. The van der Waals surface area contributed by atoms with E-state index in [2.05, 4.69) is 219 Å². The molecule has 0 saturated heterocycles. The van der Waals surface area contributed by atoms with Gasteiger partial charge in [0.15, 0.2) is 13.9 Å². The van der Waals surface area contributed by atoms with Gasteiger partial charge in [-0.05, 0) is 56.0 Å². The third kappa shape index (κ3) is 4.69. The van der Waals surface area contributed by atoms with Crippen LogP contribution < -0.4 is 20.7 Å². The first-order valence-electron chi connectivity index (χ1n) is 20.5. The topological polar surface area (TPSA) is 30.7 Å². The first kappa shape index (κ1) is 33.9. The largest absolute Gasteiger partial charge is 0.309 e. The van der Waals surface area contributed by atoms with Crippen molar-refractivity contribution < 1.29 is 0 Å². The Morgan fingerprint density at radius 3 is 1.85 bits per heavy atom. The van der Waals surface area contributed by atoms with Gasteiger partial charge >= 0.3 is 0 Å². The van der Waals surface area contributed by atoms with Crippen molar-refractivity contribution >= 4 is 50.6 Å². The SMILES string of the molecule is CC1(C)c2ccccc2-c2ccc3c4ccccc4n(-c4cccc(-c5nc(-c6ccccc6)c6c(n5)-c5ccccc5[Si]6(c5ccccc5)c5ccccc5)c4)c3c21. The van der Waals surface area contributed by atoms with E-state index in [1.165, 1.54) is 70.4 Å². The number of para-hydroxylation sites is 1. The van der Waals surface area contributed by atoms with Crippen LogP contribution in [0.4, 0.5) is 0 Å². The summed E-state index contributed by atoms with van der Waals surface area (Å²) in [7, 11) is -2.87. The summed E-state index contributed by atoms with van der Waals surface area (Å²) in [5.41, 5.74) is 14.1. The monoisotopic (exact) mass is 769 g/mol. The molecular weight excluding hydrogens is 731 g/mol. The van der Waals surface area contributed by atoms with Gasteiger partial charge in [0.25, 0.3) is 0 Å². The predicted octanol–water partition coefficient (Wildman–Crippen LogP) is 10.6. The van der Waals surface area contributed by atoms with Crippen molar-refractivity contribution in [3.05, 3.63) is 211 Å². The molecular formula is C55H39N3Si. The molecule has 3 nitrogen and oxygen atoms in total. The van der Waals surface area contributed by atoms with Gasteiger partial charge in [0.2, 0.25) is 0 Å². The van der Waals surface area contributed by atoms with Gasteiger partial charge in [0, 0.05) is 43.8 Å². The minimum absolute atomic E-state index is 0.176. The number of fused-ring (bicyclic) bond motifs is 10. The van der Waals surface area contributed by atoms with Crippen LogP contribution in [0.5, 0.6) is 0 Å². The molecule has 0 bridgehead atoms. The zero-order valence-electron chi connectivity index (χ0n) is 32.9. The van der Waals surface area contributed by atoms with Crippen molar-refractivity contribution in [3.63, 3.8) is 0 Å². The summed E-state index contributed by atoms with van der Waals surface area (Å²) in [5, 5.41) is 7.79. The third-order valence-corrected chi connectivity index (χ3v) is 17.9. The first-order chi connectivity index (χ1) is 29.0. The molecule has 3 heterocycles. The summed E-state index contributed by atoms with van der Waals surface area (Å²) < 4.78 is 2.49. The Morgan fingerprint density at radius 2 is 1.08 bits per heavy atom. The van der Waals surface area contributed by atoms with E-state index in [1.807, 2.05) is 0 Å². The van der Waals surface area contributed by atoms with Crippen LogP contribution in [-0.4, -0.2) is 22.6 Å². The Hall–Kier alpha value is -7.14. The van der Waals surface area contributed by atoms with Crippen molar-refractivity contribution in [1.82, 2.24) is 14.5 Å². The highest BCUT2D eigenvalue weighted by molar-refractivity contribution is 7.22. The van der Waals surface area contributed by atoms with Crippen LogP contribution in [0.1, 0.15) is 25.0 Å². The Balaban J connectivity index is 1.14. The summed E-state index contributed by atoms with van der Waals surface area (Å²) in [5.74, 6) is 0.726. The lowest BCUT2D eigenvalue weighted by molar-refractivity contribution is 0.664. The third-order valence-electron chi connectivity index (χ3n) is 13.0. The van der Waals surface area contributed by atoms with Gasteiger partial charge in [-0.3, -0.25) is 0 Å². The number of nitrogens with zero attached hydrogens (tertiary/aromatic N) is 3. The maximum Gasteiger partial charge on any atom is 0.185 e. The Bertz CT molecular complexity index is 3250. The molecule has 0 fully saturated rings. The van der Waals surface area contributed by atoms with E-state index < -0.39 is 8.07 Å². The van der Waals surface area contributed by atoms with E-state index in [9.17, 15) is 0 Å². The van der Waals surface area contributed by atoms with Crippen LogP contribution in [0.3, 0.4) is 0 Å². The number of benzene rings is 8. The molecule has 4 heteroatoms. The molecule has 0 spiro atoms. The Labute approximate surface area is 345 Å². The molecule has 278 valence electrons. The van der Waals surface area contributed by atoms with E-state index in [0.29, 0.717) is 0 Å². The van der Waals surface area contributed by atoms with Gasteiger partial charge in [0.1, 0.15) is 0 Å². The fourth-order valence-electron chi connectivity index (χ4n) is 10.6. The second kappa shape index (κ2) is 12.7. The summed E-state index contributed by atoms with van der Waals surface area (Å²) in [4.78, 5) is 11.4. The molecule has 0 amide bonds. The van der Waals surface area contributed by atoms with Gasteiger partial charge in [-0.25, -0.2) is 9.97 Å². The van der Waals surface area contributed by atoms with E-state index >= 15 is 0 Å². The fourth-order valence-corrected chi connectivity index (χ4v) is 15.8. The van der Waals surface area contributed by atoms with Gasteiger partial charge < -0.3 is 4.57 Å². The summed E-state index contributed by atoms with van der Waals surface area (Å²) in [6.07, 6.45) is 0. The highest BCUT2D eigenvalue weighted by Crippen LogP contribution is 2.53. The predicted molar refractivity (Wildman–Crippen MR) is 247 cm³/mol. The van der Waals surface area contributed by atoms with Crippen molar-refractivity contribution in [1.29, 1.82) is 0 Å². The Morgan fingerprint density at radius 1 is 0.475 bits per heavy atom. The number of hydrogen-bond acceptors (Lipinski definition) is 2. The zero-order chi connectivity index (χ0) is 39.3. The molecule has 0 saturated carbocycles. The average Bonchev–Trinajstić information content (AvgIpc) is 3.88. The molecule has 1 aliphatic carbocycles. The smallest absolute Gasteiger partial charge is 0.185 e. The summed E-state index contributed by atoms with van der Waals surface area (Å²) in [6, 6.07) is 73.3. The molecule has 2 aliphatic rings. The molecule has 12 rings (SSSR count). The van der Waals surface area contributed by atoms with Crippen molar-refractivity contribution in [2.24, 2.45) is 0 Å². The molecule has 8 aromatic carbocycles. The van der Waals surface area contributed by atoms with Crippen molar-refractivity contribution in [2.75, 3.05) is 0 Å². The first-order valence-corrected chi connectivity index (χ1v) is 22.5. The van der Waals surface area contributed by atoms with Gasteiger partial charge in [-0.15, -0.1) is 0 Å². The molecule has 0 unspecified atom stereocenters. The average molecular weight is 770 g/mol. The molecule has 2 aromatic heterocycles. The molecule has 59 heavy (non-hydrogen) atoms. The molecule has 1 aliphatic heterocycles. The Kier molecular flexibility index (Phi) is 7.29. The van der Waals surface area contributed by atoms with Crippen LogP contribution in [0.2, 0.25) is 0 Å². The van der Waals surface area contributed by atoms with Gasteiger partial charge in [0.05, 0.1) is 22.4 Å². The highest BCUT2D eigenvalue weighted by atomic mass is 28.3. The number of rotatable bonds is 5. The summed E-state index contributed by atoms with van der Waals surface area (Å²) >= 11 is 0. The van der Waals surface area contributed by atoms with Crippen LogP contribution in [0.15, 0.2) is 200 Å². The molecule has 0 atom stereocenters. The van der Waals surface area contributed by atoms with E-state index in [0.717, 1.165) is 34.0 Å². The van der Waals surface area contributed by atoms with E-state index in [1.54, 1.807) is 0 Å². The quantitative estimate of drug-likeness (QED) is 0.163. The lowest BCUT2D eigenvalue weighted by atomic mass is 9.81. The number of aromatic nitrogens is 3. The van der Waals surface area contributed by atoms with Crippen molar-refractivity contribution in [2.45, 2.75) is 19.3 Å². The number of hydrogen-bond donors (Lipinski definition) is 0. The zero-order valence-corrected chi connectivity index (χ0v) is 33.9.